The monoisotopic (exact) mass is 487 g/mol. The number of anilines is 1. The molecule has 0 saturated heterocycles. The number of nitrogens with one attached hydrogen (secondary N) is 3. The van der Waals surface area contributed by atoms with Crippen molar-refractivity contribution in [1.82, 2.24) is 10.3 Å². The van der Waals surface area contributed by atoms with Gasteiger partial charge in [-0.25, -0.2) is 0 Å². The Bertz CT molecular complexity index is 1470. The fourth-order valence-corrected chi connectivity index (χ4v) is 4.72. The van der Waals surface area contributed by atoms with Gasteiger partial charge in [0.2, 0.25) is 11.8 Å². The summed E-state index contributed by atoms with van der Waals surface area (Å²) in [6, 6.07) is 34.2. The Balaban J connectivity index is 1.47. The van der Waals surface area contributed by atoms with Gasteiger partial charge in [0.15, 0.2) is 0 Å². The Morgan fingerprint density at radius 3 is 2.08 bits per heavy atom. The number of rotatable bonds is 8. The lowest BCUT2D eigenvalue weighted by Gasteiger charge is -2.23. The molecule has 4 aromatic carbocycles. The highest BCUT2D eigenvalue weighted by molar-refractivity contribution is 5.99. The highest BCUT2D eigenvalue weighted by Crippen LogP contribution is 2.26. The molecule has 0 bridgehead atoms. The van der Waals surface area contributed by atoms with Gasteiger partial charge in [-0.05, 0) is 47.4 Å². The first-order chi connectivity index (χ1) is 18.1. The van der Waals surface area contributed by atoms with E-state index in [1.807, 2.05) is 122 Å². The van der Waals surface area contributed by atoms with Gasteiger partial charge in [-0.2, -0.15) is 0 Å². The molecule has 5 heteroatoms. The highest BCUT2D eigenvalue weighted by atomic mass is 16.2. The number of H-pyrrole nitrogens is 1. The van der Waals surface area contributed by atoms with Gasteiger partial charge in [-0.3, -0.25) is 9.59 Å². The van der Waals surface area contributed by atoms with Crippen molar-refractivity contribution in [3.63, 3.8) is 0 Å². The van der Waals surface area contributed by atoms with Crippen molar-refractivity contribution in [2.24, 2.45) is 0 Å². The van der Waals surface area contributed by atoms with Crippen LogP contribution in [-0.4, -0.2) is 22.8 Å². The molecule has 5 nitrogen and oxygen atoms in total. The molecule has 2 amide bonds. The summed E-state index contributed by atoms with van der Waals surface area (Å²) in [5, 5.41) is 7.13. The lowest BCUT2D eigenvalue weighted by Crippen LogP contribution is -2.47. The molecule has 184 valence electrons. The molecule has 5 aromatic rings. The van der Waals surface area contributed by atoms with Crippen molar-refractivity contribution in [3.05, 3.63) is 138 Å². The molecule has 0 unspecified atom stereocenters. The molecule has 0 spiro atoms. The fraction of sp³-hybridized carbons (Fsp3) is 0.125. The third kappa shape index (κ3) is 5.62. The van der Waals surface area contributed by atoms with Crippen LogP contribution in [0.5, 0.6) is 0 Å². The summed E-state index contributed by atoms with van der Waals surface area (Å²) in [4.78, 5) is 30.7. The first-order valence-electron chi connectivity index (χ1n) is 12.4. The second-order valence-corrected chi connectivity index (χ2v) is 9.24. The van der Waals surface area contributed by atoms with Gasteiger partial charge in [-0.1, -0.05) is 91.0 Å². The van der Waals surface area contributed by atoms with Crippen molar-refractivity contribution in [2.75, 3.05) is 5.32 Å². The molecule has 1 aromatic heterocycles. The molecule has 0 aliphatic rings. The van der Waals surface area contributed by atoms with Crippen LogP contribution in [0.1, 0.15) is 28.2 Å². The minimum absolute atomic E-state index is 0.221. The average Bonchev–Trinajstić information content (AvgIpc) is 3.32. The van der Waals surface area contributed by atoms with Gasteiger partial charge >= 0.3 is 0 Å². The predicted molar refractivity (Wildman–Crippen MR) is 148 cm³/mol. The molecule has 0 radical (unpaired) electrons. The van der Waals surface area contributed by atoms with E-state index in [4.69, 9.17) is 0 Å². The first kappa shape index (κ1) is 24.1. The van der Waals surface area contributed by atoms with E-state index in [0.717, 1.165) is 33.2 Å². The minimum atomic E-state index is -0.776. The van der Waals surface area contributed by atoms with Gasteiger partial charge in [-0.15, -0.1) is 0 Å². The van der Waals surface area contributed by atoms with E-state index in [1.165, 1.54) is 0 Å². The third-order valence-electron chi connectivity index (χ3n) is 6.55. The number of aromatic nitrogens is 1. The molecule has 0 fully saturated rings. The van der Waals surface area contributed by atoms with Crippen LogP contribution in [0, 0.1) is 6.92 Å². The van der Waals surface area contributed by atoms with Crippen LogP contribution < -0.4 is 10.6 Å². The molecule has 5 rings (SSSR count). The largest absolute Gasteiger partial charge is 0.361 e. The van der Waals surface area contributed by atoms with Gasteiger partial charge in [0, 0.05) is 29.2 Å². The van der Waals surface area contributed by atoms with E-state index in [0.29, 0.717) is 12.1 Å². The molecule has 0 saturated carbocycles. The number of fused-ring (bicyclic) bond motifs is 1. The van der Waals surface area contributed by atoms with E-state index in [9.17, 15) is 9.59 Å². The third-order valence-corrected chi connectivity index (χ3v) is 6.55. The van der Waals surface area contributed by atoms with Crippen LogP contribution in [0.25, 0.3) is 10.9 Å². The standard InChI is InChI=1S/C32H29N3O2/c1-22-11-10-16-26(19-22)34-31(36)29(20-25-21-33-28-18-9-8-17-27(25)28)35-32(37)30(23-12-4-2-5-13-23)24-14-6-3-7-15-24/h2-19,21,29-30,33H,20H2,1H3,(H,34,36)(H,35,37)/t29-/m0/s1. The lowest BCUT2D eigenvalue weighted by atomic mass is 9.90. The van der Waals surface area contributed by atoms with E-state index < -0.39 is 12.0 Å². The van der Waals surface area contributed by atoms with Crippen molar-refractivity contribution in [2.45, 2.75) is 25.3 Å². The van der Waals surface area contributed by atoms with Crippen molar-refractivity contribution in [1.29, 1.82) is 0 Å². The van der Waals surface area contributed by atoms with Crippen LogP contribution in [0.15, 0.2) is 115 Å². The van der Waals surface area contributed by atoms with Crippen LogP contribution in [-0.2, 0) is 16.0 Å². The minimum Gasteiger partial charge on any atom is -0.361 e. The molecular formula is C32H29N3O2. The summed E-state index contributed by atoms with van der Waals surface area (Å²) in [6.45, 7) is 1.98. The topological polar surface area (TPSA) is 74.0 Å². The molecular weight excluding hydrogens is 458 g/mol. The molecule has 3 N–H and O–H groups in total. The van der Waals surface area contributed by atoms with E-state index in [2.05, 4.69) is 15.6 Å². The van der Waals surface area contributed by atoms with Gasteiger partial charge in [0.25, 0.3) is 0 Å². The Morgan fingerprint density at radius 2 is 1.41 bits per heavy atom. The number of hydrogen-bond acceptors (Lipinski definition) is 2. The zero-order valence-corrected chi connectivity index (χ0v) is 20.6. The normalized spacial score (nSPS) is 11.8. The maximum atomic E-state index is 13.9. The van der Waals surface area contributed by atoms with E-state index >= 15 is 0 Å². The number of benzene rings is 4. The van der Waals surface area contributed by atoms with Crippen LogP contribution >= 0.6 is 0 Å². The number of hydrogen-bond donors (Lipinski definition) is 3. The fourth-order valence-electron chi connectivity index (χ4n) is 4.72. The second-order valence-electron chi connectivity index (χ2n) is 9.24. The van der Waals surface area contributed by atoms with Gasteiger partial charge in [0.1, 0.15) is 6.04 Å². The SMILES string of the molecule is Cc1cccc(NC(=O)[C@H](Cc2c[nH]c3ccccc23)NC(=O)C(c2ccccc2)c2ccccc2)c1. The van der Waals surface area contributed by atoms with Crippen LogP contribution in [0.3, 0.4) is 0 Å². The Kier molecular flexibility index (Phi) is 7.13. The quantitative estimate of drug-likeness (QED) is 0.252. The molecule has 1 atom stereocenters. The lowest BCUT2D eigenvalue weighted by molar-refractivity contribution is -0.126. The van der Waals surface area contributed by atoms with Crippen molar-refractivity contribution >= 4 is 28.4 Å². The number of carbonyl (C=O) groups excluding carboxylic acids is 2. The van der Waals surface area contributed by atoms with E-state index in [1.54, 1.807) is 0 Å². The average molecular weight is 488 g/mol. The number of aromatic amines is 1. The first-order valence-corrected chi connectivity index (χ1v) is 12.4. The Labute approximate surface area is 216 Å². The van der Waals surface area contributed by atoms with Gasteiger partial charge in [0.05, 0.1) is 5.92 Å². The predicted octanol–water partition coefficient (Wildman–Crippen LogP) is 5.97. The van der Waals surface area contributed by atoms with Crippen molar-refractivity contribution in [3.8, 4) is 0 Å². The number of para-hydroxylation sites is 1. The Hall–Kier alpha value is -4.64. The maximum Gasteiger partial charge on any atom is 0.247 e. The number of carbonyl (C=O) groups is 2. The summed E-state index contributed by atoms with van der Waals surface area (Å²) in [5.74, 6) is -1.02. The summed E-state index contributed by atoms with van der Waals surface area (Å²) in [5.41, 5.74) is 5.45. The summed E-state index contributed by atoms with van der Waals surface area (Å²) < 4.78 is 0. The molecule has 37 heavy (non-hydrogen) atoms. The van der Waals surface area contributed by atoms with Crippen LogP contribution in [0.2, 0.25) is 0 Å². The summed E-state index contributed by atoms with van der Waals surface area (Å²) in [7, 11) is 0. The number of aryl methyl sites for hydroxylation is 1. The molecule has 0 aliphatic carbocycles. The Morgan fingerprint density at radius 1 is 0.757 bits per heavy atom. The maximum absolute atomic E-state index is 13.9. The molecule has 0 aliphatic heterocycles. The smallest absolute Gasteiger partial charge is 0.247 e. The number of amides is 2. The second kappa shape index (κ2) is 11.0. The zero-order valence-electron chi connectivity index (χ0n) is 20.6. The van der Waals surface area contributed by atoms with Gasteiger partial charge < -0.3 is 15.6 Å². The highest BCUT2D eigenvalue weighted by Gasteiger charge is 2.28. The van der Waals surface area contributed by atoms with E-state index in [-0.39, 0.29) is 11.8 Å². The zero-order chi connectivity index (χ0) is 25.6. The summed E-state index contributed by atoms with van der Waals surface area (Å²) in [6.07, 6.45) is 2.26. The molecule has 1 heterocycles. The van der Waals surface area contributed by atoms with Crippen LogP contribution in [0.4, 0.5) is 5.69 Å². The van der Waals surface area contributed by atoms with Crippen molar-refractivity contribution < 1.29 is 9.59 Å². The summed E-state index contributed by atoms with van der Waals surface area (Å²) >= 11 is 0.